The number of benzene rings is 2. The van der Waals surface area contributed by atoms with Gasteiger partial charge in [-0.15, -0.1) is 0 Å². The van der Waals surface area contributed by atoms with Crippen LogP contribution in [0.2, 0.25) is 5.02 Å². The fourth-order valence-corrected chi connectivity index (χ4v) is 6.01. The number of hydrogen-bond donors (Lipinski definition) is 0. The lowest BCUT2D eigenvalue weighted by Crippen LogP contribution is -2.50. The Bertz CT molecular complexity index is 1060. The van der Waals surface area contributed by atoms with E-state index in [0.717, 1.165) is 16.8 Å². The minimum absolute atomic E-state index is 0.101. The number of halogens is 1. The number of hydrogen-bond acceptors (Lipinski definition) is 4. The van der Waals surface area contributed by atoms with E-state index in [1.165, 1.54) is 4.31 Å². The number of ether oxygens (including phenoxy) is 1. The maximum Gasteiger partial charge on any atom is 0.414 e. The summed E-state index contributed by atoms with van der Waals surface area (Å²) in [7, 11) is -3.63. The number of carbonyl (C=O) groups excluding carboxylic acids is 1. The van der Waals surface area contributed by atoms with E-state index >= 15 is 0 Å². The van der Waals surface area contributed by atoms with Crippen molar-refractivity contribution in [1.82, 2.24) is 4.31 Å². The summed E-state index contributed by atoms with van der Waals surface area (Å²) in [4.78, 5) is 14.4. The molecule has 1 saturated heterocycles. The van der Waals surface area contributed by atoms with Crippen LogP contribution in [0.4, 0.5) is 10.5 Å². The number of sulfonamides is 1. The lowest BCUT2D eigenvalue weighted by atomic mass is 10.0. The van der Waals surface area contributed by atoms with Gasteiger partial charge in [-0.25, -0.2) is 13.2 Å². The molecule has 2 aliphatic heterocycles. The molecule has 2 aromatic rings. The first-order valence-corrected chi connectivity index (χ1v) is 11.4. The summed E-state index contributed by atoms with van der Waals surface area (Å²) in [5.74, 6) is 0. The Morgan fingerprint density at radius 3 is 2.55 bits per heavy atom. The van der Waals surface area contributed by atoms with E-state index in [9.17, 15) is 13.2 Å². The van der Waals surface area contributed by atoms with Gasteiger partial charge in [0.2, 0.25) is 10.0 Å². The Labute approximate surface area is 176 Å². The van der Waals surface area contributed by atoms with Crippen molar-refractivity contribution in [2.75, 3.05) is 18.0 Å². The molecule has 0 bridgehead atoms. The molecular formula is C21H23ClN2O4S. The van der Waals surface area contributed by atoms with E-state index in [0.29, 0.717) is 36.5 Å². The van der Waals surface area contributed by atoms with Gasteiger partial charge in [-0.1, -0.05) is 35.4 Å². The highest BCUT2D eigenvalue weighted by Gasteiger charge is 2.37. The summed E-state index contributed by atoms with van der Waals surface area (Å²) < 4.78 is 33.0. The Hall–Kier alpha value is -2.09. The predicted molar refractivity (Wildman–Crippen MR) is 112 cm³/mol. The molecule has 6 nitrogen and oxygen atoms in total. The molecule has 1 fully saturated rings. The summed E-state index contributed by atoms with van der Waals surface area (Å²) >= 11 is 6.12. The molecule has 2 heterocycles. The van der Waals surface area contributed by atoms with Gasteiger partial charge in [0.1, 0.15) is 6.61 Å². The molecule has 0 N–H and O–H groups in total. The highest BCUT2D eigenvalue weighted by Crippen LogP contribution is 2.34. The first kappa shape index (κ1) is 20.2. The highest BCUT2D eigenvalue weighted by atomic mass is 35.5. The van der Waals surface area contributed by atoms with Gasteiger partial charge in [0, 0.05) is 29.7 Å². The molecule has 29 heavy (non-hydrogen) atoms. The Morgan fingerprint density at radius 2 is 1.83 bits per heavy atom. The van der Waals surface area contributed by atoms with Crippen LogP contribution in [0.25, 0.3) is 0 Å². The van der Waals surface area contributed by atoms with Crippen LogP contribution in [0.15, 0.2) is 41.3 Å². The molecule has 0 aliphatic carbocycles. The minimum atomic E-state index is -3.63. The van der Waals surface area contributed by atoms with Gasteiger partial charge in [-0.2, -0.15) is 4.31 Å². The normalized spacial score (nSPS) is 18.4. The number of rotatable bonds is 3. The topological polar surface area (TPSA) is 66.9 Å². The lowest BCUT2D eigenvalue weighted by Gasteiger charge is -2.40. The van der Waals surface area contributed by atoms with Gasteiger partial charge in [-0.05, 0) is 50.5 Å². The smallest absolute Gasteiger partial charge is 0.414 e. The second-order valence-electron chi connectivity index (χ2n) is 7.55. The number of piperidine rings is 1. The third kappa shape index (κ3) is 3.63. The minimum Gasteiger partial charge on any atom is -0.444 e. The zero-order chi connectivity index (χ0) is 20.8. The van der Waals surface area contributed by atoms with Crippen molar-refractivity contribution >= 4 is 33.4 Å². The van der Waals surface area contributed by atoms with Crippen LogP contribution in [0.1, 0.15) is 29.5 Å². The molecule has 1 amide bonds. The molecule has 4 rings (SSSR count). The van der Waals surface area contributed by atoms with Gasteiger partial charge < -0.3 is 4.74 Å². The fourth-order valence-electron chi connectivity index (χ4n) is 4.07. The third-order valence-electron chi connectivity index (χ3n) is 5.67. The van der Waals surface area contributed by atoms with Gasteiger partial charge in [0.15, 0.2) is 0 Å². The Balaban J connectivity index is 1.54. The van der Waals surface area contributed by atoms with E-state index in [4.69, 9.17) is 16.3 Å². The van der Waals surface area contributed by atoms with Crippen molar-refractivity contribution in [2.45, 2.75) is 44.2 Å². The maximum absolute atomic E-state index is 13.1. The van der Waals surface area contributed by atoms with Crippen LogP contribution in [0.3, 0.4) is 0 Å². The zero-order valence-electron chi connectivity index (χ0n) is 16.4. The second-order valence-corrected chi connectivity index (χ2v) is 9.87. The quantitative estimate of drug-likeness (QED) is 0.723. The van der Waals surface area contributed by atoms with Gasteiger partial charge >= 0.3 is 6.09 Å². The summed E-state index contributed by atoms with van der Waals surface area (Å²) in [6.07, 6.45) is 0.719. The third-order valence-corrected chi connectivity index (χ3v) is 8.12. The zero-order valence-corrected chi connectivity index (χ0v) is 18.0. The van der Waals surface area contributed by atoms with Crippen LogP contribution in [0, 0.1) is 13.8 Å². The molecule has 154 valence electrons. The van der Waals surface area contributed by atoms with Gasteiger partial charge in [0.25, 0.3) is 0 Å². The number of nitrogens with zero attached hydrogens (tertiary/aromatic N) is 2. The number of amides is 1. The molecule has 0 unspecified atom stereocenters. The number of anilines is 1. The standard InChI is InChI=1S/C21H23ClN2O4S/c1-14-6-7-19-16(12-14)13-28-21(25)24(19)17-8-10-23(11-9-17)29(26,27)20-5-3-4-18(22)15(20)2/h3-7,12,17H,8-11,13H2,1-2H3. The Kier molecular flexibility index (Phi) is 5.31. The first-order valence-electron chi connectivity index (χ1n) is 9.60. The van der Waals surface area contributed by atoms with Crippen molar-refractivity contribution in [3.63, 3.8) is 0 Å². The van der Waals surface area contributed by atoms with E-state index in [1.54, 1.807) is 30.0 Å². The van der Waals surface area contributed by atoms with E-state index in [1.807, 2.05) is 25.1 Å². The summed E-state index contributed by atoms with van der Waals surface area (Å²) in [5.41, 5.74) is 3.51. The van der Waals surface area contributed by atoms with Gasteiger partial charge in [0.05, 0.1) is 10.6 Å². The van der Waals surface area contributed by atoms with Crippen LogP contribution < -0.4 is 4.90 Å². The van der Waals surface area contributed by atoms with Gasteiger partial charge in [-0.3, -0.25) is 4.90 Å². The number of cyclic esters (lactones) is 1. The Morgan fingerprint density at radius 1 is 1.10 bits per heavy atom. The van der Waals surface area contributed by atoms with Crippen molar-refractivity contribution in [2.24, 2.45) is 0 Å². The molecule has 0 atom stereocenters. The monoisotopic (exact) mass is 434 g/mol. The summed E-state index contributed by atoms with van der Waals surface area (Å²) in [6, 6.07) is 10.8. The van der Waals surface area contributed by atoms with Crippen LogP contribution in [-0.2, 0) is 21.4 Å². The van der Waals surface area contributed by atoms with Crippen molar-refractivity contribution in [1.29, 1.82) is 0 Å². The first-order chi connectivity index (χ1) is 13.8. The average molecular weight is 435 g/mol. The lowest BCUT2D eigenvalue weighted by molar-refractivity contribution is 0.135. The second kappa shape index (κ2) is 7.63. The molecule has 2 aliphatic rings. The number of aryl methyl sites for hydroxylation is 1. The summed E-state index contributed by atoms with van der Waals surface area (Å²) in [5, 5.41) is 0.434. The van der Waals surface area contributed by atoms with Crippen molar-refractivity contribution in [3.05, 3.63) is 58.1 Å². The molecule has 0 radical (unpaired) electrons. The molecule has 2 aromatic carbocycles. The van der Waals surface area contributed by atoms with Crippen molar-refractivity contribution in [3.8, 4) is 0 Å². The molecule has 0 aromatic heterocycles. The maximum atomic E-state index is 13.1. The molecular weight excluding hydrogens is 412 g/mol. The van der Waals surface area contributed by atoms with E-state index < -0.39 is 10.0 Å². The molecule has 8 heteroatoms. The largest absolute Gasteiger partial charge is 0.444 e. The van der Waals surface area contributed by atoms with Crippen LogP contribution >= 0.6 is 11.6 Å². The number of fused-ring (bicyclic) bond motifs is 1. The van der Waals surface area contributed by atoms with Crippen molar-refractivity contribution < 1.29 is 17.9 Å². The predicted octanol–water partition coefficient (Wildman–Crippen LogP) is 4.27. The van der Waals surface area contributed by atoms with E-state index in [-0.39, 0.29) is 23.6 Å². The molecule has 0 spiro atoms. The summed E-state index contributed by atoms with van der Waals surface area (Å²) in [6.45, 7) is 4.66. The number of carbonyl (C=O) groups is 1. The average Bonchev–Trinajstić information content (AvgIpc) is 2.70. The fraction of sp³-hybridized carbons (Fsp3) is 0.381. The van der Waals surface area contributed by atoms with Crippen LogP contribution in [0.5, 0.6) is 0 Å². The highest BCUT2D eigenvalue weighted by molar-refractivity contribution is 7.89. The molecule has 0 saturated carbocycles. The SMILES string of the molecule is Cc1ccc2c(c1)COC(=O)N2C1CCN(S(=O)(=O)c2cccc(Cl)c2C)CC1. The van der Waals surface area contributed by atoms with Crippen LogP contribution in [-0.4, -0.2) is 37.9 Å². The van der Waals surface area contributed by atoms with E-state index in [2.05, 4.69) is 0 Å².